The van der Waals surface area contributed by atoms with Crippen molar-refractivity contribution in [3.63, 3.8) is 0 Å². The van der Waals surface area contributed by atoms with E-state index in [0.717, 1.165) is 25.0 Å². The number of amides is 1. The molecule has 1 unspecified atom stereocenters. The zero-order chi connectivity index (χ0) is 31.9. The Bertz CT molecular complexity index is 1510. The zero-order valence-corrected chi connectivity index (χ0v) is 27.5. The number of hydrogen-bond donors (Lipinski definition) is 0. The molecule has 0 saturated carbocycles. The zero-order valence-electron chi connectivity index (χ0n) is 27.5. The first kappa shape index (κ1) is 34.0. The van der Waals surface area contributed by atoms with Gasteiger partial charge in [-0.2, -0.15) is 0 Å². The first-order valence-electron chi connectivity index (χ1n) is 17.2. The van der Waals surface area contributed by atoms with Crippen LogP contribution in [0, 0.1) is 0 Å². The van der Waals surface area contributed by atoms with Gasteiger partial charge in [0, 0.05) is 13.0 Å². The number of fused-ring (bicyclic) bond motifs is 1. The molecular formula is C39H51N3O3. The third-order valence-electron chi connectivity index (χ3n) is 8.57. The van der Waals surface area contributed by atoms with Gasteiger partial charge in [-0.25, -0.2) is 4.98 Å². The van der Waals surface area contributed by atoms with Crippen LogP contribution in [0.3, 0.4) is 0 Å². The first-order chi connectivity index (χ1) is 22.1. The van der Waals surface area contributed by atoms with Gasteiger partial charge in [0.2, 0.25) is 5.91 Å². The Balaban J connectivity index is 1.63. The van der Waals surface area contributed by atoms with Crippen LogP contribution in [0.25, 0.3) is 16.6 Å². The largest absolute Gasteiger partial charge is 0.494 e. The molecule has 0 bridgehead atoms. The summed E-state index contributed by atoms with van der Waals surface area (Å²) in [6, 6.07) is 25.0. The fraction of sp³-hybridized carbons (Fsp3) is 0.462. The molecule has 0 aliphatic heterocycles. The van der Waals surface area contributed by atoms with E-state index in [1.807, 2.05) is 78.6 Å². The van der Waals surface area contributed by atoms with Crippen molar-refractivity contribution in [2.45, 2.75) is 104 Å². The number of unbranched alkanes of at least 4 members (excludes halogenated alkanes) is 8. The summed E-state index contributed by atoms with van der Waals surface area (Å²) in [7, 11) is 0. The van der Waals surface area contributed by atoms with Crippen LogP contribution in [-0.4, -0.2) is 33.5 Å². The molecular weight excluding hydrogens is 558 g/mol. The monoisotopic (exact) mass is 609 g/mol. The minimum atomic E-state index is -0.358. The lowest BCUT2D eigenvalue weighted by molar-refractivity contribution is -0.134. The molecule has 6 nitrogen and oxygen atoms in total. The maximum Gasteiger partial charge on any atom is 0.266 e. The van der Waals surface area contributed by atoms with Gasteiger partial charge in [-0.05, 0) is 68.1 Å². The summed E-state index contributed by atoms with van der Waals surface area (Å²) >= 11 is 0. The van der Waals surface area contributed by atoms with Gasteiger partial charge >= 0.3 is 0 Å². The Morgan fingerprint density at radius 1 is 0.800 bits per heavy atom. The molecule has 1 amide bonds. The quantitative estimate of drug-likeness (QED) is 0.0994. The van der Waals surface area contributed by atoms with Gasteiger partial charge in [-0.1, -0.05) is 108 Å². The summed E-state index contributed by atoms with van der Waals surface area (Å²) in [6.45, 7) is 7.40. The third kappa shape index (κ3) is 9.53. The van der Waals surface area contributed by atoms with Gasteiger partial charge in [-0.15, -0.1) is 0 Å². The van der Waals surface area contributed by atoms with Crippen molar-refractivity contribution < 1.29 is 9.53 Å². The Hall–Kier alpha value is -3.93. The summed E-state index contributed by atoms with van der Waals surface area (Å²) in [6.07, 6.45) is 12.7. The summed E-state index contributed by atoms with van der Waals surface area (Å²) in [5.41, 5.74) is 2.41. The fourth-order valence-corrected chi connectivity index (χ4v) is 6.10. The van der Waals surface area contributed by atoms with E-state index in [1.165, 1.54) is 50.5 Å². The molecule has 1 atom stereocenters. The average molecular weight is 610 g/mol. The number of carbonyl (C=O) groups excluding carboxylic acids is 1. The summed E-state index contributed by atoms with van der Waals surface area (Å²) in [5.74, 6) is 1.47. The lowest BCUT2D eigenvalue weighted by Crippen LogP contribution is -2.39. The number of ether oxygens (including phenoxy) is 1. The summed E-state index contributed by atoms with van der Waals surface area (Å²) in [5, 5.41) is 0.557. The van der Waals surface area contributed by atoms with Crippen molar-refractivity contribution in [2.24, 2.45) is 0 Å². The predicted octanol–water partition coefficient (Wildman–Crippen LogP) is 9.23. The number of aromatic nitrogens is 2. The molecule has 4 rings (SSSR count). The van der Waals surface area contributed by atoms with Gasteiger partial charge < -0.3 is 9.64 Å². The van der Waals surface area contributed by atoms with Crippen molar-refractivity contribution in [3.05, 3.63) is 101 Å². The number of benzene rings is 3. The second-order valence-electron chi connectivity index (χ2n) is 11.9. The molecule has 1 aromatic heterocycles. The topological polar surface area (TPSA) is 64.4 Å². The van der Waals surface area contributed by atoms with E-state index in [0.29, 0.717) is 48.4 Å². The minimum absolute atomic E-state index is 0.126. The standard InChI is InChI=1S/C39H51N3O3/c1-4-7-8-9-10-11-12-13-17-24-37(43)41(30-29-31-20-15-14-16-21-31)36(5-2)38-40-35-23-19-18-22-34(35)39(44)42(38)32-25-27-33(28-26-32)45-6-3/h14-16,18-23,25-28,36H,4-13,17,24,29-30H2,1-3H3. The van der Waals surface area contributed by atoms with Crippen molar-refractivity contribution in [1.29, 1.82) is 0 Å². The first-order valence-corrected chi connectivity index (χ1v) is 17.2. The maximum absolute atomic E-state index is 14.1. The highest BCUT2D eigenvalue weighted by molar-refractivity contribution is 5.79. The third-order valence-corrected chi connectivity index (χ3v) is 8.57. The second-order valence-corrected chi connectivity index (χ2v) is 11.9. The highest BCUT2D eigenvalue weighted by Crippen LogP contribution is 2.28. The average Bonchev–Trinajstić information content (AvgIpc) is 3.07. The van der Waals surface area contributed by atoms with E-state index in [2.05, 4.69) is 26.0 Å². The highest BCUT2D eigenvalue weighted by Gasteiger charge is 2.29. The molecule has 0 N–H and O–H groups in total. The molecule has 240 valence electrons. The van der Waals surface area contributed by atoms with Crippen LogP contribution < -0.4 is 10.3 Å². The molecule has 45 heavy (non-hydrogen) atoms. The Kier molecular flexibility index (Phi) is 13.7. The predicted molar refractivity (Wildman–Crippen MR) is 185 cm³/mol. The van der Waals surface area contributed by atoms with E-state index in [-0.39, 0.29) is 17.5 Å². The Morgan fingerprint density at radius 3 is 2.11 bits per heavy atom. The number of rotatable bonds is 19. The van der Waals surface area contributed by atoms with Gasteiger partial charge in [0.25, 0.3) is 5.56 Å². The van der Waals surface area contributed by atoms with Gasteiger partial charge in [0.05, 0.1) is 29.2 Å². The SMILES string of the molecule is CCCCCCCCCCCC(=O)N(CCc1ccccc1)C(CC)c1nc2ccccc2c(=O)n1-c1ccc(OCC)cc1. The normalized spacial score (nSPS) is 11.9. The molecule has 0 aliphatic carbocycles. The molecule has 1 heterocycles. The Labute approximate surface area is 269 Å². The molecule has 3 aromatic carbocycles. The van der Waals surface area contributed by atoms with Crippen molar-refractivity contribution >= 4 is 16.8 Å². The maximum atomic E-state index is 14.1. The number of carbonyl (C=O) groups is 1. The highest BCUT2D eigenvalue weighted by atomic mass is 16.5. The summed E-state index contributed by atoms with van der Waals surface area (Å²) < 4.78 is 7.37. The Morgan fingerprint density at radius 2 is 1.44 bits per heavy atom. The van der Waals surface area contributed by atoms with Crippen LogP contribution in [0.2, 0.25) is 0 Å². The van der Waals surface area contributed by atoms with Crippen molar-refractivity contribution in [1.82, 2.24) is 14.5 Å². The van der Waals surface area contributed by atoms with Gasteiger partial charge in [0.15, 0.2) is 0 Å². The molecule has 0 fully saturated rings. The van der Waals surface area contributed by atoms with Crippen molar-refractivity contribution in [3.8, 4) is 11.4 Å². The second kappa shape index (κ2) is 18.1. The van der Waals surface area contributed by atoms with E-state index in [1.54, 1.807) is 4.57 Å². The van der Waals surface area contributed by atoms with E-state index in [4.69, 9.17) is 9.72 Å². The van der Waals surface area contributed by atoms with Gasteiger partial charge in [-0.3, -0.25) is 14.2 Å². The molecule has 0 aliphatic rings. The molecule has 6 heteroatoms. The lowest BCUT2D eigenvalue weighted by Gasteiger charge is -2.33. The number of hydrogen-bond acceptors (Lipinski definition) is 4. The van der Waals surface area contributed by atoms with Crippen LogP contribution in [0.5, 0.6) is 5.75 Å². The number of para-hydroxylation sites is 1. The van der Waals surface area contributed by atoms with Crippen LogP contribution in [-0.2, 0) is 11.2 Å². The van der Waals surface area contributed by atoms with Gasteiger partial charge in [0.1, 0.15) is 11.6 Å². The van der Waals surface area contributed by atoms with Crippen LogP contribution in [0.4, 0.5) is 0 Å². The van der Waals surface area contributed by atoms with E-state index < -0.39 is 0 Å². The van der Waals surface area contributed by atoms with Crippen LogP contribution in [0.1, 0.15) is 109 Å². The fourth-order valence-electron chi connectivity index (χ4n) is 6.10. The molecule has 4 aromatic rings. The minimum Gasteiger partial charge on any atom is -0.494 e. The van der Waals surface area contributed by atoms with E-state index in [9.17, 15) is 9.59 Å². The molecule has 0 spiro atoms. The summed E-state index contributed by atoms with van der Waals surface area (Å²) in [4.78, 5) is 35.2. The number of nitrogens with zero attached hydrogens (tertiary/aromatic N) is 3. The van der Waals surface area contributed by atoms with Crippen LogP contribution in [0.15, 0.2) is 83.7 Å². The smallest absolute Gasteiger partial charge is 0.266 e. The molecule has 0 saturated heterocycles. The van der Waals surface area contributed by atoms with Crippen LogP contribution >= 0.6 is 0 Å². The molecule has 0 radical (unpaired) electrons. The van der Waals surface area contributed by atoms with Crippen molar-refractivity contribution in [2.75, 3.05) is 13.2 Å². The van der Waals surface area contributed by atoms with E-state index >= 15 is 0 Å². The lowest BCUT2D eigenvalue weighted by atomic mass is 10.0.